The molecule has 9 rings (SSSR count). The quantitative estimate of drug-likeness (QED) is 0.0318. The molecule has 5 heterocycles. The minimum absolute atomic E-state index is 0. The predicted octanol–water partition coefficient (Wildman–Crippen LogP) is 16.4. The summed E-state index contributed by atoms with van der Waals surface area (Å²) in [6.07, 6.45) is 5.99. The number of piperidine rings is 5. The lowest BCUT2D eigenvalue weighted by Gasteiger charge is -2.39. The summed E-state index contributed by atoms with van der Waals surface area (Å²) in [5.41, 5.74) is 3.13. The largest absolute Gasteiger partial charge is 0.487 e. The van der Waals surface area contributed by atoms with Gasteiger partial charge < -0.3 is 74.0 Å². The first-order valence-electron chi connectivity index (χ1n) is 34.7. The molecule has 0 unspecified atom stereocenters. The molecule has 0 aromatic heterocycles. The van der Waals surface area contributed by atoms with E-state index in [1.54, 1.807) is 38.7 Å². The first-order valence-corrected chi connectivity index (χ1v) is 37.3. The number of halogens is 3. The first-order chi connectivity index (χ1) is 48.2. The second-order valence-corrected chi connectivity index (χ2v) is 30.8. The minimum Gasteiger partial charge on any atom is -0.487 e. The molecule has 4 aromatic carbocycles. The maximum absolute atomic E-state index is 12.1. The molecule has 0 aliphatic carbocycles. The Morgan fingerprint density at radius 2 is 0.743 bits per heavy atom. The van der Waals surface area contributed by atoms with Gasteiger partial charge in [0.15, 0.2) is 0 Å². The summed E-state index contributed by atoms with van der Waals surface area (Å²) in [4.78, 5) is 86.6. The number of ether oxygens (including phenoxy) is 7. The van der Waals surface area contributed by atoms with E-state index in [1.165, 1.54) is 12.1 Å². The standard InChI is InChI=1S/C17H24N2O5.C17H26N2O3.C12H16ClNO.C11H21NO3.C10H17NO3.C6H4FNO2.CH3I.CH4O.CH4/c1-16(2,3)24-15(20)18-11-9-17(4,10-12-18)23-14-7-5-13(6-8-14)19(21)22;1-16(2,3)22-15(20)19-11-9-17(4,10-12-19)21-14-7-5-13(18)6-8-14;1-12(6-8-14-9-7-12)15-11-4-2-10(13)3-5-11;1-10(2,3)15-9(13)12-7-5-11(4,14)6-8-12;1-10(2,3)14-9(13)11-6-4-8(12)5-7-11;7-5-1-3-6(4-2-5)8(9)10;2*1-2;/h5-8H,9-12H2,1-4H3;5-8H,9-12,18H2,1-4H3;2-5,14H,6-9H2,1H3;14H,5-8H2,1-4H3;4-7H2,1-3H3;1-4H;1H3;2H,1H3;1H4. The second kappa shape index (κ2) is 43.9. The van der Waals surface area contributed by atoms with Crippen molar-refractivity contribution in [1.82, 2.24) is 24.9 Å². The summed E-state index contributed by atoms with van der Waals surface area (Å²) in [6.45, 7) is 36.8. The van der Waals surface area contributed by atoms with Crippen molar-refractivity contribution in [2.75, 3.05) is 83.2 Å². The first kappa shape index (κ1) is 95.5. The van der Waals surface area contributed by atoms with E-state index < -0.39 is 49.3 Å². The fourth-order valence-corrected chi connectivity index (χ4v) is 10.2. The number of aliphatic hydroxyl groups is 2. The fourth-order valence-electron chi connectivity index (χ4n) is 10.1. The molecule has 4 aromatic rings. The van der Waals surface area contributed by atoms with Crippen molar-refractivity contribution in [3.63, 3.8) is 0 Å². The van der Waals surface area contributed by atoms with Gasteiger partial charge in [-0.05, 0) is 227 Å². The van der Waals surface area contributed by atoms with Gasteiger partial charge in [0, 0.05) is 133 Å². The highest BCUT2D eigenvalue weighted by molar-refractivity contribution is 14.1. The molecular formula is C76H119ClFIN8O18. The Morgan fingerprint density at radius 3 is 1.04 bits per heavy atom. The Hall–Kier alpha value is -7.54. The van der Waals surface area contributed by atoms with Gasteiger partial charge in [-0.25, -0.2) is 23.6 Å². The van der Waals surface area contributed by atoms with Crippen molar-refractivity contribution < 1.29 is 81.6 Å². The molecule has 4 amide bonds. The zero-order valence-corrected chi connectivity index (χ0v) is 67.1. The van der Waals surface area contributed by atoms with Crippen molar-refractivity contribution in [1.29, 1.82) is 0 Å². The predicted molar refractivity (Wildman–Crippen MR) is 416 cm³/mol. The van der Waals surface area contributed by atoms with Crippen molar-refractivity contribution in [2.24, 2.45) is 0 Å². The average Bonchev–Trinajstić information content (AvgIpc) is 0.827. The lowest BCUT2D eigenvalue weighted by Crippen LogP contribution is -2.49. The van der Waals surface area contributed by atoms with E-state index in [2.05, 4.69) is 41.8 Å². The number of benzene rings is 4. The second-order valence-electron chi connectivity index (χ2n) is 30.3. The van der Waals surface area contributed by atoms with Gasteiger partial charge >= 0.3 is 24.4 Å². The van der Waals surface area contributed by atoms with E-state index in [9.17, 15) is 53.7 Å². The lowest BCUT2D eigenvalue weighted by atomic mass is 9.93. The summed E-state index contributed by atoms with van der Waals surface area (Å²) in [6, 6.07) is 25.4. The molecule has 0 atom stereocenters. The van der Waals surface area contributed by atoms with Gasteiger partial charge in [0.2, 0.25) is 0 Å². The average molecular weight is 1610 g/mol. The van der Waals surface area contributed by atoms with Crippen LogP contribution in [0.3, 0.4) is 0 Å². The van der Waals surface area contributed by atoms with Gasteiger partial charge in [0.25, 0.3) is 11.4 Å². The minimum atomic E-state index is -0.626. The number of anilines is 1. The number of nitro benzene ring substituents is 2. The van der Waals surface area contributed by atoms with Gasteiger partial charge in [-0.2, -0.15) is 0 Å². The number of nitrogens with one attached hydrogen (secondary N) is 1. The lowest BCUT2D eigenvalue weighted by molar-refractivity contribution is -0.385. The third-order valence-electron chi connectivity index (χ3n) is 15.9. The highest BCUT2D eigenvalue weighted by Crippen LogP contribution is 2.33. The van der Waals surface area contributed by atoms with E-state index in [0.29, 0.717) is 96.6 Å². The number of ketones is 1. The van der Waals surface area contributed by atoms with Crippen LogP contribution in [0.5, 0.6) is 17.2 Å². The van der Waals surface area contributed by atoms with Crippen LogP contribution in [-0.2, 0) is 23.7 Å². The molecule has 0 spiro atoms. The molecule has 0 radical (unpaired) electrons. The molecule has 5 aliphatic heterocycles. The molecule has 5 aliphatic rings. The number of hydrogen-bond donors (Lipinski definition) is 4. The number of Topliss-reactive ketones (excluding diaryl/α,β-unsaturated/α-hetero) is 1. The number of aliphatic hydroxyl groups excluding tert-OH is 1. The van der Waals surface area contributed by atoms with Crippen LogP contribution in [0.25, 0.3) is 0 Å². The Balaban J connectivity index is 0.000000635. The van der Waals surface area contributed by atoms with E-state index in [-0.39, 0.29) is 60.2 Å². The van der Waals surface area contributed by atoms with Crippen molar-refractivity contribution >= 4 is 81.4 Å². The molecule has 26 nitrogen and oxygen atoms in total. The third-order valence-corrected chi connectivity index (χ3v) is 16.2. The molecular weight excluding hydrogens is 1490 g/mol. The molecule has 592 valence electrons. The maximum Gasteiger partial charge on any atom is 0.410 e. The number of nitrogens with zero attached hydrogens (tertiary/aromatic N) is 6. The van der Waals surface area contributed by atoms with Crippen LogP contribution in [0.1, 0.15) is 182 Å². The van der Waals surface area contributed by atoms with Crippen molar-refractivity contribution in [2.45, 2.75) is 227 Å². The monoisotopic (exact) mass is 1610 g/mol. The molecule has 5 fully saturated rings. The number of rotatable bonds is 8. The summed E-state index contributed by atoms with van der Waals surface area (Å²) in [5, 5.41) is 41.5. The van der Waals surface area contributed by atoms with Gasteiger partial charge in [-0.1, -0.05) is 41.6 Å². The zero-order chi connectivity index (χ0) is 79.1. The van der Waals surface area contributed by atoms with Crippen molar-refractivity contribution in [3.8, 4) is 17.2 Å². The maximum atomic E-state index is 12.1. The number of amides is 4. The topological polar surface area (TPSA) is 328 Å². The molecule has 29 heteroatoms. The van der Waals surface area contributed by atoms with Crippen LogP contribution >= 0.6 is 34.2 Å². The Morgan fingerprint density at radius 1 is 0.486 bits per heavy atom. The number of likely N-dealkylation sites (tertiary alicyclic amines) is 4. The van der Waals surface area contributed by atoms with Gasteiger partial charge in [0.05, 0.1) is 15.4 Å². The molecule has 5 N–H and O–H groups in total. The summed E-state index contributed by atoms with van der Waals surface area (Å²) in [5.74, 6) is 2.07. The number of nitrogen functional groups attached to an aromatic ring is 1. The van der Waals surface area contributed by atoms with Crippen LogP contribution in [0, 0.1) is 26.0 Å². The van der Waals surface area contributed by atoms with Crippen LogP contribution in [-0.4, -0.2) is 192 Å². The van der Waals surface area contributed by atoms with E-state index >= 15 is 0 Å². The van der Waals surface area contributed by atoms with Crippen molar-refractivity contribution in [3.05, 3.63) is 128 Å². The SMILES string of the molecule is C.CC(C)(C)OC(=O)N1CCC(=O)CC1.CC(C)(C)OC(=O)N1CCC(C)(Oc2ccc(N)cc2)CC1.CC(C)(C)OC(=O)N1CCC(C)(Oc2ccc([N+](=O)[O-])cc2)CC1.CC1(O)CCN(C(=O)OC(C)(C)C)CC1.CC1(Oc2ccc(Cl)cc2)CCNCC1.CI.CO.O=[N+]([O-])c1ccc(F)cc1. The molecule has 105 heavy (non-hydrogen) atoms. The Labute approximate surface area is 640 Å². The highest BCUT2D eigenvalue weighted by Gasteiger charge is 2.38. The number of non-ortho nitro benzene ring substituents is 2. The van der Waals surface area contributed by atoms with E-state index in [1.807, 2.05) is 143 Å². The van der Waals surface area contributed by atoms with Crippen LogP contribution in [0.4, 0.5) is 40.6 Å². The number of nitrogens with two attached hydrogens (primary N) is 1. The van der Waals surface area contributed by atoms with Gasteiger partial charge in [-0.3, -0.25) is 25.0 Å². The molecule has 0 saturated carbocycles. The molecule has 5 saturated heterocycles. The van der Waals surface area contributed by atoms with E-state index in [4.69, 9.17) is 55.6 Å². The number of alkyl halides is 1. The third kappa shape index (κ3) is 39.6. The van der Waals surface area contributed by atoms with Crippen LogP contribution in [0.2, 0.25) is 5.02 Å². The summed E-state index contributed by atoms with van der Waals surface area (Å²) >= 11 is 7.97. The number of carbonyl (C=O) groups is 5. The number of carbonyl (C=O) groups excluding carboxylic acids is 5. The normalized spacial score (nSPS) is 17.0. The summed E-state index contributed by atoms with van der Waals surface area (Å²) in [7, 11) is 1.00. The Kier molecular flexibility index (Phi) is 39.9. The fraction of sp³-hybridized carbons (Fsp3) is 0.618. The summed E-state index contributed by atoms with van der Waals surface area (Å²) < 4.78 is 51.5. The Bertz CT molecular complexity index is 3250. The number of hydrogen-bond acceptors (Lipinski definition) is 20. The number of nitro groups is 2. The smallest absolute Gasteiger partial charge is 0.410 e. The van der Waals surface area contributed by atoms with Gasteiger partial charge in [-0.15, -0.1) is 0 Å². The molecule has 0 bridgehead atoms. The highest BCUT2D eigenvalue weighted by atomic mass is 127. The van der Waals surface area contributed by atoms with Gasteiger partial charge in [0.1, 0.15) is 68.1 Å². The van der Waals surface area contributed by atoms with Crippen LogP contribution in [0.15, 0.2) is 97.1 Å². The van der Waals surface area contributed by atoms with Crippen LogP contribution < -0.4 is 25.3 Å². The zero-order valence-electron chi connectivity index (χ0n) is 64.2. The van der Waals surface area contributed by atoms with E-state index in [0.717, 1.165) is 92.4 Å².